The molecule has 1 fully saturated rings. The van der Waals surface area contributed by atoms with Gasteiger partial charge in [-0.25, -0.2) is 0 Å². The summed E-state index contributed by atoms with van der Waals surface area (Å²) in [6.45, 7) is 4.51. The van der Waals surface area contributed by atoms with E-state index >= 15 is 0 Å². The van der Waals surface area contributed by atoms with Crippen LogP contribution in [0.25, 0.3) is 0 Å². The first kappa shape index (κ1) is 19.8. The molecule has 0 spiro atoms. The molecule has 1 aliphatic heterocycles. The number of halogens is 1. The minimum atomic E-state index is 0. The number of carbonyl (C=O) groups excluding carboxylic acids is 1. The van der Waals surface area contributed by atoms with Gasteiger partial charge in [-0.1, -0.05) is 25.1 Å². The minimum absolute atomic E-state index is 0. The first-order valence-corrected chi connectivity index (χ1v) is 8.21. The molecule has 1 atom stereocenters. The van der Waals surface area contributed by atoms with Crippen LogP contribution < -0.4 is 10.1 Å². The van der Waals surface area contributed by atoms with E-state index in [0.717, 1.165) is 44.6 Å². The lowest BCUT2D eigenvalue weighted by Crippen LogP contribution is -2.43. The monoisotopic (exact) mass is 340 g/mol. The average Bonchev–Trinajstić information content (AvgIpc) is 2.55. The van der Waals surface area contributed by atoms with Gasteiger partial charge in [-0.2, -0.15) is 0 Å². The molecule has 23 heavy (non-hydrogen) atoms. The minimum Gasteiger partial charge on any atom is -0.496 e. The topological polar surface area (TPSA) is 41.6 Å². The Kier molecular flexibility index (Phi) is 8.42. The van der Waals surface area contributed by atoms with Crippen molar-refractivity contribution in [2.45, 2.75) is 26.2 Å². The van der Waals surface area contributed by atoms with Crippen LogP contribution in [0.2, 0.25) is 0 Å². The van der Waals surface area contributed by atoms with Crippen molar-refractivity contribution >= 4 is 18.3 Å². The third-order valence-electron chi connectivity index (χ3n) is 4.56. The smallest absolute Gasteiger partial charge is 0.226 e. The Morgan fingerprint density at radius 2 is 2.00 bits per heavy atom. The van der Waals surface area contributed by atoms with Crippen molar-refractivity contribution in [3.05, 3.63) is 29.8 Å². The largest absolute Gasteiger partial charge is 0.496 e. The zero-order chi connectivity index (χ0) is 15.9. The second-order valence-corrected chi connectivity index (χ2v) is 6.24. The molecule has 1 aromatic rings. The van der Waals surface area contributed by atoms with Gasteiger partial charge in [-0.15, -0.1) is 12.4 Å². The number of ether oxygens (including phenoxy) is 1. The Morgan fingerprint density at radius 1 is 1.35 bits per heavy atom. The summed E-state index contributed by atoms with van der Waals surface area (Å²) in [7, 11) is 3.62. The van der Waals surface area contributed by atoms with Crippen LogP contribution in [-0.2, 0) is 11.2 Å². The molecule has 1 heterocycles. The van der Waals surface area contributed by atoms with E-state index in [4.69, 9.17) is 4.74 Å². The maximum atomic E-state index is 12.3. The fourth-order valence-corrected chi connectivity index (χ4v) is 3.25. The number of para-hydroxylation sites is 1. The molecule has 0 bridgehead atoms. The summed E-state index contributed by atoms with van der Waals surface area (Å²) in [4.78, 5) is 14.3. The van der Waals surface area contributed by atoms with Gasteiger partial charge in [-0.3, -0.25) is 4.79 Å². The molecule has 0 aromatic heterocycles. The maximum absolute atomic E-state index is 12.3. The normalized spacial score (nSPS) is 16.6. The molecule has 0 saturated carbocycles. The number of nitrogens with zero attached hydrogens (tertiary/aromatic N) is 1. The highest BCUT2D eigenvalue weighted by molar-refractivity contribution is 5.85. The Morgan fingerprint density at radius 3 is 2.61 bits per heavy atom. The fourth-order valence-electron chi connectivity index (χ4n) is 3.25. The number of amides is 1. The lowest BCUT2D eigenvalue weighted by molar-refractivity contribution is -0.136. The predicted molar refractivity (Wildman–Crippen MR) is 96.3 cm³/mol. The molecule has 0 radical (unpaired) electrons. The molecule has 0 aliphatic carbocycles. The molecule has 5 heteroatoms. The van der Waals surface area contributed by atoms with Crippen molar-refractivity contribution in [3.63, 3.8) is 0 Å². The van der Waals surface area contributed by atoms with Gasteiger partial charge in [0.2, 0.25) is 5.91 Å². The van der Waals surface area contributed by atoms with Gasteiger partial charge in [-0.05, 0) is 43.9 Å². The molecule has 130 valence electrons. The van der Waals surface area contributed by atoms with Crippen molar-refractivity contribution in [2.75, 3.05) is 33.8 Å². The number of rotatable bonds is 6. The van der Waals surface area contributed by atoms with Crippen LogP contribution in [0, 0.1) is 11.8 Å². The maximum Gasteiger partial charge on any atom is 0.226 e. The van der Waals surface area contributed by atoms with Crippen molar-refractivity contribution in [3.8, 4) is 5.75 Å². The van der Waals surface area contributed by atoms with Crippen LogP contribution >= 0.6 is 12.4 Å². The van der Waals surface area contributed by atoms with E-state index in [9.17, 15) is 4.79 Å². The van der Waals surface area contributed by atoms with E-state index in [0.29, 0.717) is 5.92 Å². The summed E-state index contributed by atoms with van der Waals surface area (Å²) in [6.07, 6.45) is 3.20. The molecule has 1 aliphatic rings. The second-order valence-electron chi connectivity index (χ2n) is 6.24. The van der Waals surface area contributed by atoms with Gasteiger partial charge in [0, 0.05) is 25.6 Å². The Bertz CT molecular complexity index is 488. The summed E-state index contributed by atoms with van der Waals surface area (Å²) in [5.74, 6) is 1.96. The highest BCUT2D eigenvalue weighted by atomic mass is 35.5. The summed E-state index contributed by atoms with van der Waals surface area (Å²) in [5, 5.41) is 3.08. The molecule has 1 amide bonds. The van der Waals surface area contributed by atoms with Gasteiger partial charge in [0.05, 0.1) is 7.11 Å². The zero-order valence-corrected chi connectivity index (χ0v) is 15.2. The van der Waals surface area contributed by atoms with Crippen molar-refractivity contribution in [1.82, 2.24) is 10.2 Å². The molecular formula is C18H29ClN2O2. The SMILES string of the molecule is CNCC(C)C(=O)N1CCC(Cc2ccccc2OC)CC1.Cl. The van der Waals surface area contributed by atoms with Crippen molar-refractivity contribution in [2.24, 2.45) is 11.8 Å². The summed E-state index contributed by atoms with van der Waals surface area (Å²) >= 11 is 0. The Balaban J connectivity index is 0.00000264. The number of hydrogen-bond acceptors (Lipinski definition) is 3. The summed E-state index contributed by atoms with van der Waals surface area (Å²) < 4.78 is 5.43. The first-order valence-electron chi connectivity index (χ1n) is 8.21. The van der Waals surface area contributed by atoms with Gasteiger partial charge in [0.1, 0.15) is 5.75 Å². The van der Waals surface area contributed by atoms with Gasteiger partial charge < -0.3 is 15.0 Å². The van der Waals surface area contributed by atoms with Crippen LogP contribution in [-0.4, -0.2) is 44.6 Å². The number of nitrogens with one attached hydrogen (secondary N) is 1. The number of piperidine rings is 1. The Hall–Kier alpha value is -1.26. The molecule has 2 rings (SSSR count). The zero-order valence-electron chi connectivity index (χ0n) is 14.4. The van der Waals surface area contributed by atoms with Gasteiger partial charge >= 0.3 is 0 Å². The van der Waals surface area contributed by atoms with Gasteiger partial charge in [0.15, 0.2) is 0 Å². The molecule has 1 aromatic carbocycles. The van der Waals surface area contributed by atoms with Crippen LogP contribution in [0.1, 0.15) is 25.3 Å². The van der Waals surface area contributed by atoms with E-state index < -0.39 is 0 Å². The van der Waals surface area contributed by atoms with Crippen LogP contribution in [0.4, 0.5) is 0 Å². The van der Waals surface area contributed by atoms with Crippen LogP contribution in [0.15, 0.2) is 24.3 Å². The molecule has 4 nitrogen and oxygen atoms in total. The predicted octanol–water partition coefficient (Wildman–Crippen LogP) is 2.75. The number of hydrogen-bond donors (Lipinski definition) is 1. The highest BCUT2D eigenvalue weighted by Gasteiger charge is 2.26. The molecule has 1 unspecified atom stereocenters. The average molecular weight is 341 g/mol. The number of likely N-dealkylation sites (tertiary alicyclic amines) is 1. The highest BCUT2D eigenvalue weighted by Crippen LogP contribution is 2.27. The van der Waals surface area contributed by atoms with Crippen molar-refractivity contribution in [1.29, 1.82) is 0 Å². The van der Waals surface area contributed by atoms with Crippen LogP contribution in [0.5, 0.6) is 5.75 Å². The summed E-state index contributed by atoms with van der Waals surface area (Å²) in [6, 6.07) is 8.24. The van der Waals surface area contributed by atoms with E-state index in [2.05, 4.69) is 17.4 Å². The molecule has 1 N–H and O–H groups in total. The van der Waals surface area contributed by atoms with Crippen LogP contribution in [0.3, 0.4) is 0 Å². The molecular weight excluding hydrogens is 312 g/mol. The first-order chi connectivity index (χ1) is 10.7. The number of benzene rings is 1. The quantitative estimate of drug-likeness (QED) is 0.865. The second kappa shape index (κ2) is 9.78. The van der Waals surface area contributed by atoms with E-state index in [1.165, 1.54) is 5.56 Å². The number of carbonyl (C=O) groups is 1. The number of methoxy groups -OCH3 is 1. The van der Waals surface area contributed by atoms with Crippen molar-refractivity contribution < 1.29 is 9.53 Å². The Labute approximate surface area is 146 Å². The standard InChI is InChI=1S/C18H28N2O2.ClH/c1-14(13-19-2)18(21)20-10-8-15(9-11-20)12-16-6-4-5-7-17(16)22-3;/h4-7,14-15,19H,8-13H2,1-3H3;1H. The van der Waals surface area contributed by atoms with E-state index in [-0.39, 0.29) is 24.2 Å². The summed E-state index contributed by atoms with van der Waals surface area (Å²) in [5.41, 5.74) is 1.28. The third kappa shape index (κ3) is 5.40. The van der Waals surface area contributed by atoms with E-state index in [1.54, 1.807) is 7.11 Å². The lowest BCUT2D eigenvalue weighted by atomic mass is 9.89. The van der Waals surface area contributed by atoms with E-state index in [1.807, 2.05) is 31.0 Å². The lowest BCUT2D eigenvalue weighted by Gasteiger charge is -2.33. The fraction of sp³-hybridized carbons (Fsp3) is 0.611. The third-order valence-corrected chi connectivity index (χ3v) is 4.56. The molecule has 1 saturated heterocycles. The van der Waals surface area contributed by atoms with Gasteiger partial charge in [0.25, 0.3) is 0 Å².